The van der Waals surface area contributed by atoms with E-state index in [9.17, 15) is 4.79 Å². The highest BCUT2D eigenvalue weighted by Gasteiger charge is 2.30. The molecule has 7 heteroatoms. The molecule has 0 fully saturated rings. The van der Waals surface area contributed by atoms with E-state index in [4.69, 9.17) is 24.2 Å². The number of para-hydroxylation sites is 2. The molecule has 0 saturated carbocycles. The van der Waals surface area contributed by atoms with E-state index in [0.29, 0.717) is 33.9 Å². The van der Waals surface area contributed by atoms with E-state index in [1.807, 2.05) is 12.1 Å². The van der Waals surface area contributed by atoms with E-state index >= 15 is 0 Å². The summed E-state index contributed by atoms with van der Waals surface area (Å²) in [5, 5.41) is 9.05. The van der Waals surface area contributed by atoms with Gasteiger partial charge in [-0.3, -0.25) is 0 Å². The topological polar surface area (TPSA) is 77.8 Å². The van der Waals surface area contributed by atoms with Gasteiger partial charge in [0.25, 0.3) is 0 Å². The fourth-order valence-corrected chi connectivity index (χ4v) is 2.82. The van der Waals surface area contributed by atoms with Crippen LogP contribution >= 0.6 is 15.9 Å². The van der Waals surface area contributed by atoms with Crippen LogP contribution in [0.3, 0.4) is 0 Å². The number of halogens is 1. The molecule has 25 heavy (non-hydrogen) atoms. The van der Waals surface area contributed by atoms with Crippen LogP contribution in [0, 0.1) is 11.3 Å². The van der Waals surface area contributed by atoms with Gasteiger partial charge in [-0.05, 0) is 41.1 Å². The van der Waals surface area contributed by atoms with E-state index < -0.39 is 12.1 Å². The molecular formula is C18H14BrNO5. The minimum Gasteiger partial charge on any atom is -0.490 e. The van der Waals surface area contributed by atoms with Crippen LogP contribution in [0.4, 0.5) is 0 Å². The third-order valence-electron chi connectivity index (χ3n) is 3.41. The Labute approximate surface area is 153 Å². The van der Waals surface area contributed by atoms with E-state index in [1.54, 1.807) is 31.2 Å². The summed E-state index contributed by atoms with van der Waals surface area (Å²) in [4.78, 5) is 12.5. The van der Waals surface area contributed by atoms with E-state index in [-0.39, 0.29) is 12.4 Å². The van der Waals surface area contributed by atoms with Crippen LogP contribution < -0.4 is 18.9 Å². The van der Waals surface area contributed by atoms with Crippen molar-refractivity contribution in [2.45, 2.75) is 13.0 Å². The largest absolute Gasteiger partial charge is 0.490 e. The Morgan fingerprint density at radius 2 is 2.12 bits per heavy atom. The van der Waals surface area contributed by atoms with Crippen molar-refractivity contribution in [1.29, 1.82) is 5.26 Å². The van der Waals surface area contributed by atoms with Crippen LogP contribution in [0.2, 0.25) is 0 Å². The fraction of sp³-hybridized carbons (Fsp3) is 0.222. The van der Waals surface area contributed by atoms with Crippen LogP contribution in [0.5, 0.6) is 23.0 Å². The van der Waals surface area contributed by atoms with Gasteiger partial charge in [-0.1, -0.05) is 12.1 Å². The lowest BCUT2D eigenvalue weighted by Crippen LogP contribution is -2.39. The highest BCUT2D eigenvalue weighted by molar-refractivity contribution is 9.10. The number of carbonyl (C=O) groups excluding carboxylic acids is 1. The lowest BCUT2D eigenvalue weighted by molar-refractivity contribution is -0.144. The Morgan fingerprint density at radius 1 is 1.36 bits per heavy atom. The maximum Gasteiger partial charge on any atom is 0.356 e. The number of ether oxygens (including phenoxy) is 4. The molecule has 0 N–H and O–H groups in total. The normalized spacial score (nSPS) is 15.2. The van der Waals surface area contributed by atoms with Crippen molar-refractivity contribution in [3.05, 3.63) is 46.4 Å². The average Bonchev–Trinajstić information content (AvgIpc) is 2.63. The molecule has 0 aliphatic carbocycles. The summed E-state index contributed by atoms with van der Waals surface area (Å²) in [6, 6.07) is 12.2. The zero-order valence-electron chi connectivity index (χ0n) is 13.3. The predicted molar refractivity (Wildman–Crippen MR) is 92.0 cm³/mol. The molecule has 0 spiro atoms. The molecule has 6 nitrogen and oxygen atoms in total. The molecule has 0 unspecified atom stereocenters. The molecule has 0 bridgehead atoms. The van der Waals surface area contributed by atoms with Gasteiger partial charge in [-0.15, -0.1) is 0 Å². The molecule has 0 saturated heterocycles. The first kappa shape index (κ1) is 17.1. The number of esters is 1. The van der Waals surface area contributed by atoms with Crippen molar-refractivity contribution in [2.75, 3.05) is 13.2 Å². The number of carbonyl (C=O) groups is 1. The maximum absolute atomic E-state index is 12.5. The molecule has 3 rings (SSSR count). The summed E-state index contributed by atoms with van der Waals surface area (Å²) in [5.74, 6) is 0.966. The smallest absolute Gasteiger partial charge is 0.356 e. The van der Waals surface area contributed by atoms with Crippen molar-refractivity contribution in [3.63, 3.8) is 0 Å². The molecule has 1 aliphatic rings. The van der Waals surface area contributed by atoms with Gasteiger partial charge in [0.05, 0.1) is 22.7 Å². The van der Waals surface area contributed by atoms with Gasteiger partial charge in [-0.25, -0.2) is 4.79 Å². The second-order valence-electron chi connectivity index (χ2n) is 5.12. The first-order chi connectivity index (χ1) is 12.1. The molecule has 2 aromatic rings. The summed E-state index contributed by atoms with van der Waals surface area (Å²) in [5.41, 5.74) is 0.390. The zero-order chi connectivity index (χ0) is 17.8. The highest BCUT2D eigenvalue weighted by Crippen LogP contribution is 2.38. The minimum absolute atomic E-state index is 0.0493. The summed E-state index contributed by atoms with van der Waals surface area (Å²) in [7, 11) is 0. The maximum atomic E-state index is 12.5. The second-order valence-corrected chi connectivity index (χ2v) is 5.97. The van der Waals surface area contributed by atoms with E-state index in [2.05, 4.69) is 15.9 Å². The minimum atomic E-state index is -0.896. The molecule has 0 amide bonds. The summed E-state index contributed by atoms with van der Waals surface area (Å²) < 4.78 is 22.5. The summed E-state index contributed by atoms with van der Waals surface area (Å²) >= 11 is 3.31. The Bertz CT molecular complexity index is 846. The van der Waals surface area contributed by atoms with Crippen molar-refractivity contribution < 1.29 is 23.7 Å². The van der Waals surface area contributed by atoms with Crippen LogP contribution in [0.1, 0.15) is 12.5 Å². The second kappa shape index (κ2) is 7.45. The Morgan fingerprint density at radius 3 is 2.84 bits per heavy atom. The number of rotatable bonds is 4. The number of nitriles is 1. The number of benzene rings is 2. The molecule has 128 valence electrons. The Hall–Kier alpha value is -2.72. The quantitative estimate of drug-likeness (QED) is 0.574. The zero-order valence-corrected chi connectivity index (χ0v) is 14.9. The highest BCUT2D eigenvalue weighted by atomic mass is 79.9. The van der Waals surface area contributed by atoms with Gasteiger partial charge in [0.15, 0.2) is 23.0 Å². The van der Waals surface area contributed by atoms with Crippen molar-refractivity contribution >= 4 is 21.9 Å². The van der Waals surface area contributed by atoms with Gasteiger partial charge in [0.2, 0.25) is 6.10 Å². The molecule has 0 radical (unpaired) electrons. The molecule has 1 atom stereocenters. The fourth-order valence-electron chi connectivity index (χ4n) is 2.30. The van der Waals surface area contributed by atoms with Crippen LogP contribution in [-0.2, 0) is 4.79 Å². The Balaban J connectivity index is 1.81. The number of hydrogen-bond donors (Lipinski definition) is 0. The number of fused-ring (bicyclic) bond motifs is 1. The summed E-state index contributed by atoms with van der Waals surface area (Å²) in [6.07, 6.45) is -0.896. The van der Waals surface area contributed by atoms with Gasteiger partial charge in [0.1, 0.15) is 6.61 Å². The SMILES string of the molecule is CCOc1cc(C#N)cc(Br)c1OC(=O)[C@H]1COc2ccccc2O1. The van der Waals surface area contributed by atoms with Gasteiger partial charge >= 0.3 is 5.97 Å². The summed E-state index contributed by atoms with van der Waals surface area (Å²) in [6.45, 7) is 2.21. The van der Waals surface area contributed by atoms with Crippen LogP contribution in [-0.4, -0.2) is 25.3 Å². The predicted octanol–water partition coefficient (Wildman–Crippen LogP) is 3.46. The first-order valence-corrected chi connectivity index (χ1v) is 8.38. The van der Waals surface area contributed by atoms with Crippen LogP contribution in [0.15, 0.2) is 40.9 Å². The average molecular weight is 404 g/mol. The lowest BCUT2D eigenvalue weighted by Gasteiger charge is -2.25. The van der Waals surface area contributed by atoms with Crippen molar-refractivity contribution in [2.24, 2.45) is 0 Å². The van der Waals surface area contributed by atoms with Gasteiger partial charge < -0.3 is 18.9 Å². The third kappa shape index (κ3) is 3.69. The third-order valence-corrected chi connectivity index (χ3v) is 4.00. The molecule has 1 aliphatic heterocycles. The lowest BCUT2D eigenvalue weighted by atomic mass is 10.2. The van der Waals surface area contributed by atoms with Crippen molar-refractivity contribution in [3.8, 4) is 29.1 Å². The van der Waals surface area contributed by atoms with Gasteiger partial charge in [0, 0.05) is 6.07 Å². The molecular weight excluding hydrogens is 390 g/mol. The Kier molecular flexibility index (Phi) is 5.10. The monoisotopic (exact) mass is 403 g/mol. The molecule has 1 heterocycles. The van der Waals surface area contributed by atoms with E-state index in [1.165, 1.54) is 6.07 Å². The van der Waals surface area contributed by atoms with E-state index in [0.717, 1.165) is 0 Å². The van der Waals surface area contributed by atoms with Crippen molar-refractivity contribution in [1.82, 2.24) is 0 Å². The number of nitrogens with zero attached hydrogens (tertiary/aromatic N) is 1. The number of hydrogen-bond acceptors (Lipinski definition) is 6. The molecule has 2 aromatic carbocycles. The molecule has 0 aromatic heterocycles. The van der Waals surface area contributed by atoms with Gasteiger partial charge in [-0.2, -0.15) is 5.26 Å². The van der Waals surface area contributed by atoms with Crippen LogP contribution in [0.25, 0.3) is 0 Å². The first-order valence-electron chi connectivity index (χ1n) is 7.59. The standard InChI is InChI=1S/C18H14BrNO5/c1-2-22-15-8-11(9-20)7-12(19)17(15)25-18(21)16-10-23-13-5-3-4-6-14(13)24-16/h3-8,16H,2,10H2,1H3/t16-/m1/s1.